The van der Waals surface area contributed by atoms with Crippen LogP contribution in [0.2, 0.25) is 0 Å². The first-order valence-corrected chi connectivity index (χ1v) is 10.4. The summed E-state index contributed by atoms with van der Waals surface area (Å²) in [6.45, 7) is 1.62. The van der Waals surface area contributed by atoms with E-state index in [4.69, 9.17) is 14.9 Å². The van der Waals surface area contributed by atoms with E-state index in [1.807, 2.05) is 0 Å². The zero-order valence-electron chi connectivity index (χ0n) is 17.9. The highest BCUT2D eigenvalue weighted by atomic mass is 19.4. The molecule has 3 atom stereocenters. The molecule has 8 nitrogen and oxygen atoms in total. The van der Waals surface area contributed by atoms with E-state index >= 15 is 0 Å². The number of oxazole rings is 1. The molecule has 1 saturated carbocycles. The number of aliphatic hydroxyl groups excluding tert-OH is 1. The van der Waals surface area contributed by atoms with Gasteiger partial charge in [0.25, 0.3) is 5.91 Å². The molecule has 0 bridgehead atoms. The minimum Gasteiger partial charge on any atom is -0.494 e. The number of pyridine rings is 1. The summed E-state index contributed by atoms with van der Waals surface area (Å²) in [7, 11) is 1.33. The number of nitrogens with zero attached hydrogens (tertiary/aromatic N) is 2. The minimum absolute atomic E-state index is 0.00799. The zero-order valence-corrected chi connectivity index (χ0v) is 17.9. The van der Waals surface area contributed by atoms with Crippen LogP contribution < -0.4 is 15.8 Å². The summed E-state index contributed by atoms with van der Waals surface area (Å²) in [5.74, 6) is -0.266. The maximum atomic E-state index is 13.2. The molecule has 0 aliphatic heterocycles. The van der Waals surface area contributed by atoms with Crippen molar-refractivity contribution in [2.24, 2.45) is 5.73 Å². The lowest BCUT2D eigenvalue weighted by molar-refractivity contribution is -0.140. The van der Waals surface area contributed by atoms with E-state index in [1.165, 1.54) is 19.2 Å². The van der Waals surface area contributed by atoms with Crippen molar-refractivity contribution >= 4 is 16.8 Å². The van der Waals surface area contributed by atoms with Crippen molar-refractivity contribution < 1.29 is 32.2 Å². The summed E-state index contributed by atoms with van der Waals surface area (Å²) in [5.41, 5.74) is 5.19. The second-order valence-corrected chi connectivity index (χ2v) is 8.00. The predicted octanol–water partition coefficient (Wildman–Crippen LogP) is 3.58. The number of nitrogens with one attached hydrogen (secondary N) is 1. The van der Waals surface area contributed by atoms with Crippen LogP contribution >= 0.6 is 0 Å². The monoisotopic (exact) mass is 464 g/mol. The molecule has 33 heavy (non-hydrogen) atoms. The van der Waals surface area contributed by atoms with Gasteiger partial charge in [-0.25, -0.2) is 9.97 Å². The van der Waals surface area contributed by atoms with E-state index < -0.39 is 36.0 Å². The number of carbonyl (C=O) groups is 1. The molecule has 2 heterocycles. The van der Waals surface area contributed by atoms with Gasteiger partial charge < -0.3 is 25.3 Å². The van der Waals surface area contributed by atoms with E-state index in [-0.39, 0.29) is 28.6 Å². The smallest absolute Gasteiger partial charge is 0.433 e. The molecule has 1 aliphatic carbocycles. The highest BCUT2D eigenvalue weighted by Gasteiger charge is 2.34. The summed E-state index contributed by atoms with van der Waals surface area (Å²) < 4.78 is 50.6. The van der Waals surface area contributed by atoms with Gasteiger partial charge in [0.1, 0.15) is 17.0 Å². The van der Waals surface area contributed by atoms with Gasteiger partial charge in [-0.05, 0) is 50.5 Å². The predicted molar refractivity (Wildman–Crippen MR) is 113 cm³/mol. The number of amides is 1. The number of nitrogens with two attached hydrogens (primary N) is 1. The summed E-state index contributed by atoms with van der Waals surface area (Å²) in [6.07, 6.45) is -3.24. The van der Waals surface area contributed by atoms with Gasteiger partial charge in [0.05, 0.1) is 25.3 Å². The number of hydrogen-bond acceptors (Lipinski definition) is 7. The first-order valence-electron chi connectivity index (χ1n) is 10.4. The molecule has 0 spiro atoms. The van der Waals surface area contributed by atoms with Gasteiger partial charge in [-0.1, -0.05) is 0 Å². The van der Waals surface area contributed by atoms with Gasteiger partial charge in [0, 0.05) is 10.9 Å². The number of hydrogen-bond donors (Lipinski definition) is 3. The molecular weight excluding hydrogens is 441 g/mol. The number of methoxy groups -OCH3 is 1. The maximum Gasteiger partial charge on any atom is 0.433 e. The van der Waals surface area contributed by atoms with Gasteiger partial charge >= 0.3 is 6.18 Å². The topological polar surface area (TPSA) is 124 Å². The SMILES string of the molecule is COc1ccc(-c2nc(C(=O)NC3CCC[C@@H]3O)c([C@H](C)N)o2)c2ccc(C(F)(F)F)nc12. The lowest BCUT2D eigenvalue weighted by Crippen LogP contribution is -2.40. The first-order chi connectivity index (χ1) is 15.6. The van der Waals surface area contributed by atoms with Crippen LogP contribution in [-0.2, 0) is 6.18 Å². The molecule has 1 unspecified atom stereocenters. The van der Waals surface area contributed by atoms with Crippen molar-refractivity contribution in [3.63, 3.8) is 0 Å². The van der Waals surface area contributed by atoms with Gasteiger partial charge in [-0.2, -0.15) is 13.2 Å². The molecule has 1 amide bonds. The Morgan fingerprint density at radius 3 is 2.64 bits per heavy atom. The quantitative estimate of drug-likeness (QED) is 0.527. The molecule has 1 aliphatic rings. The lowest BCUT2D eigenvalue weighted by Gasteiger charge is -2.15. The van der Waals surface area contributed by atoms with Crippen LogP contribution in [0.3, 0.4) is 0 Å². The Morgan fingerprint density at radius 2 is 2.03 bits per heavy atom. The standard InChI is InChI=1S/C22H23F3N4O4/c1-10(26)19-18(20(31)27-13-4-3-5-14(13)30)29-21(33-19)12-6-8-15(32-2)17-11(12)7-9-16(28-17)22(23,24)25/h6-10,13-14,30H,3-5,26H2,1-2H3,(H,27,31)/t10-,13?,14-/m0/s1. The number of aromatic nitrogens is 2. The fourth-order valence-corrected chi connectivity index (χ4v) is 3.97. The summed E-state index contributed by atoms with van der Waals surface area (Å²) in [5, 5.41) is 13.1. The Hall–Kier alpha value is -3.18. The fraction of sp³-hybridized carbons (Fsp3) is 0.409. The van der Waals surface area contributed by atoms with Gasteiger partial charge in [-0.15, -0.1) is 0 Å². The molecule has 1 fully saturated rings. The molecule has 1 aromatic carbocycles. The van der Waals surface area contributed by atoms with E-state index in [1.54, 1.807) is 13.0 Å². The second-order valence-electron chi connectivity index (χ2n) is 8.00. The Balaban J connectivity index is 1.79. The van der Waals surface area contributed by atoms with Gasteiger partial charge in [0.2, 0.25) is 5.89 Å². The van der Waals surface area contributed by atoms with Crippen LogP contribution in [0.25, 0.3) is 22.4 Å². The molecule has 3 aromatic rings. The van der Waals surface area contributed by atoms with Gasteiger partial charge in [0.15, 0.2) is 11.5 Å². The van der Waals surface area contributed by atoms with Crippen molar-refractivity contribution in [2.75, 3.05) is 7.11 Å². The highest BCUT2D eigenvalue weighted by molar-refractivity contribution is 5.98. The molecule has 0 radical (unpaired) electrons. The van der Waals surface area contributed by atoms with Crippen LogP contribution in [0.1, 0.15) is 54.2 Å². The molecular formula is C22H23F3N4O4. The number of alkyl halides is 3. The van der Waals surface area contributed by atoms with Crippen LogP contribution in [0, 0.1) is 0 Å². The van der Waals surface area contributed by atoms with Crippen molar-refractivity contribution in [1.29, 1.82) is 0 Å². The zero-order chi connectivity index (χ0) is 23.9. The molecule has 176 valence electrons. The van der Waals surface area contributed by atoms with Crippen LogP contribution in [0.5, 0.6) is 5.75 Å². The number of aliphatic hydroxyl groups is 1. The third-order valence-corrected chi connectivity index (χ3v) is 5.64. The second kappa shape index (κ2) is 8.64. The van der Waals surface area contributed by atoms with Crippen molar-refractivity contribution in [2.45, 2.75) is 50.6 Å². The number of ether oxygens (including phenoxy) is 1. The summed E-state index contributed by atoms with van der Waals surface area (Å²) >= 11 is 0. The third kappa shape index (κ3) is 4.38. The molecule has 4 N–H and O–H groups in total. The number of halogens is 3. The average molecular weight is 464 g/mol. The molecule has 0 saturated heterocycles. The Bertz CT molecular complexity index is 1190. The fourth-order valence-electron chi connectivity index (χ4n) is 3.97. The third-order valence-electron chi connectivity index (χ3n) is 5.64. The van der Waals surface area contributed by atoms with Crippen molar-refractivity contribution in [3.8, 4) is 17.2 Å². The molecule has 4 rings (SSSR count). The van der Waals surface area contributed by atoms with E-state index in [0.29, 0.717) is 23.8 Å². The largest absolute Gasteiger partial charge is 0.494 e. The first kappa shape index (κ1) is 23.0. The number of carbonyl (C=O) groups excluding carboxylic acids is 1. The number of benzene rings is 1. The maximum absolute atomic E-state index is 13.2. The van der Waals surface area contributed by atoms with Crippen molar-refractivity contribution in [1.82, 2.24) is 15.3 Å². The average Bonchev–Trinajstić information content (AvgIpc) is 3.38. The van der Waals surface area contributed by atoms with E-state index in [0.717, 1.165) is 12.5 Å². The Labute approximate surface area is 187 Å². The van der Waals surface area contributed by atoms with Crippen molar-refractivity contribution in [3.05, 3.63) is 41.4 Å². The molecule has 2 aromatic heterocycles. The van der Waals surface area contributed by atoms with Gasteiger partial charge in [-0.3, -0.25) is 4.79 Å². The number of rotatable bonds is 5. The summed E-state index contributed by atoms with van der Waals surface area (Å²) in [4.78, 5) is 20.9. The number of fused-ring (bicyclic) bond motifs is 1. The summed E-state index contributed by atoms with van der Waals surface area (Å²) in [6, 6.07) is 4.05. The van der Waals surface area contributed by atoms with Crippen LogP contribution in [-0.4, -0.2) is 40.2 Å². The van der Waals surface area contributed by atoms with Crippen LogP contribution in [0.4, 0.5) is 13.2 Å². The Kier molecular flexibility index (Phi) is 6.02. The molecule has 11 heteroatoms. The van der Waals surface area contributed by atoms with E-state index in [2.05, 4.69) is 15.3 Å². The van der Waals surface area contributed by atoms with E-state index in [9.17, 15) is 23.1 Å². The normalized spacial score (nSPS) is 19.6. The minimum atomic E-state index is -4.63. The lowest BCUT2D eigenvalue weighted by atomic mass is 10.1. The van der Waals surface area contributed by atoms with Crippen LogP contribution in [0.15, 0.2) is 28.7 Å². The highest BCUT2D eigenvalue weighted by Crippen LogP contribution is 2.37. The Morgan fingerprint density at radius 1 is 1.27 bits per heavy atom.